The van der Waals surface area contributed by atoms with Crippen molar-refractivity contribution in [2.75, 3.05) is 0 Å². The molecule has 0 aromatic carbocycles. The van der Waals surface area contributed by atoms with Gasteiger partial charge in [-0.25, -0.2) is 0 Å². The van der Waals surface area contributed by atoms with E-state index in [2.05, 4.69) is 13.0 Å². The van der Waals surface area contributed by atoms with Gasteiger partial charge in [0.1, 0.15) is 0 Å². The molecule has 0 N–H and O–H groups in total. The normalized spacial score (nSPS) is 38.6. The lowest BCUT2D eigenvalue weighted by atomic mass is 9.64. The smallest absolute Gasteiger partial charge is 0.0621 e. The molecule has 0 atom stereocenters. The van der Waals surface area contributed by atoms with Crippen molar-refractivity contribution in [1.82, 2.24) is 0 Å². The average Bonchev–Trinajstić information content (AvgIpc) is 2.72. The van der Waals surface area contributed by atoms with Gasteiger partial charge in [0.05, 0.1) is 6.07 Å². The zero-order valence-electron chi connectivity index (χ0n) is 17.4. The maximum Gasteiger partial charge on any atom is 0.0621 e. The lowest BCUT2D eigenvalue weighted by Crippen LogP contribution is -2.29. The molecule has 0 unspecified atom stereocenters. The molecule has 0 amide bonds. The van der Waals surface area contributed by atoms with Gasteiger partial charge in [-0.3, -0.25) is 0 Å². The highest BCUT2D eigenvalue weighted by Crippen LogP contribution is 2.46. The Morgan fingerprint density at radius 3 is 1.46 bits per heavy atom. The number of unbranched alkanes of at least 4 members (excludes halogenated alkanes) is 2. The number of rotatable bonds is 7. The van der Waals surface area contributed by atoms with E-state index in [1.54, 1.807) is 38.5 Å². The van der Waals surface area contributed by atoms with Gasteiger partial charge >= 0.3 is 0 Å². The van der Waals surface area contributed by atoms with E-state index < -0.39 is 0 Å². The summed E-state index contributed by atoms with van der Waals surface area (Å²) in [7, 11) is 0. The van der Waals surface area contributed by atoms with Crippen molar-refractivity contribution in [2.45, 2.75) is 116 Å². The first-order valence-corrected chi connectivity index (χ1v) is 12.2. The largest absolute Gasteiger partial charge is 0.198 e. The van der Waals surface area contributed by atoms with Gasteiger partial charge in [0.25, 0.3) is 0 Å². The minimum Gasteiger partial charge on any atom is -0.198 e. The Labute approximate surface area is 163 Å². The molecule has 0 aromatic rings. The first-order valence-electron chi connectivity index (χ1n) is 12.2. The number of hydrogen-bond acceptors (Lipinski definition) is 1. The highest BCUT2D eigenvalue weighted by molar-refractivity contribution is 4.85. The summed E-state index contributed by atoms with van der Waals surface area (Å²) in [4.78, 5) is 0. The Hall–Kier alpha value is -0.510. The Morgan fingerprint density at radius 1 is 0.615 bits per heavy atom. The monoisotopic (exact) mass is 357 g/mol. The van der Waals surface area contributed by atoms with Crippen LogP contribution in [0.3, 0.4) is 0 Å². The molecule has 3 fully saturated rings. The van der Waals surface area contributed by atoms with Crippen LogP contribution in [0.15, 0.2) is 0 Å². The number of hydrogen-bond donors (Lipinski definition) is 0. The topological polar surface area (TPSA) is 23.8 Å². The molecular weight excluding hydrogens is 314 g/mol. The van der Waals surface area contributed by atoms with Crippen molar-refractivity contribution in [3.05, 3.63) is 0 Å². The Bertz CT molecular complexity index is 412. The van der Waals surface area contributed by atoms with Crippen LogP contribution in [0, 0.1) is 46.8 Å². The second-order valence-electron chi connectivity index (χ2n) is 10.0. The molecule has 0 bridgehead atoms. The van der Waals surface area contributed by atoms with Crippen molar-refractivity contribution in [2.24, 2.45) is 35.5 Å². The van der Waals surface area contributed by atoms with E-state index in [-0.39, 0.29) is 0 Å². The first kappa shape index (κ1) is 20.2. The Morgan fingerprint density at radius 2 is 1.04 bits per heavy atom. The summed E-state index contributed by atoms with van der Waals surface area (Å²) in [5.41, 5.74) is 0. The molecule has 0 aromatic heterocycles. The highest BCUT2D eigenvalue weighted by atomic mass is 14.4. The highest BCUT2D eigenvalue weighted by Gasteiger charge is 2.34. The molecule has 0 saturated heterocycles. The van der Waals surface area contributed by atoms with Crippen molar-refractivity contribution in [3.63, 3.8) is 0 Å². The number of nitrogens with zero attached hydrogens (tertiary/aromatic N) is 1. The maximum atomic E-state index is 8.66. The Kier molecular flexibility index (Phi) is 8.35. The van der Waals surface area contributed by atoms with E-state index >= 15 is 0 Å². The van der Waals surface area contributed by atoms with Gasteiger partial charge in [-0.2, -0.15) is 5.26 Å². The van der Waals surface area contributed by atoms with Crippen LogP contribution in [0.4, 0.5) is 0 Å². The SMILES string of the molecule is CCC1CCC(C2CCC(C3CCC(CCCCC#N)CC3)CC2)CC1. The predicted octanol–water partition coefficient (Wildman–Crippen LogP) is 7.90. The second-order valence-corrected chi connectivity index (χ2v) is 10.0. The molecule has 0 heterocycles. The van der Waals surface area contributed by atoms with E-state index in [0.717, 1.165) is 48.3 Å². The van der Waals surface area contributed by atoms with E-state index in [1.165, 1.54) is 57.8 Å². The molecule has 1 heteroatoms. The van der Waals surface area contributed by atoms with Crippen LogP contribution < -0.4 is 0 Å². The molecule has 0 aliphatic heterocycles. The second kappa shape index (κ2) is 10.7. The summed E-state index contributed by atoms with van der Waals surface area (Å²) < 4.78 is 0. The fraction of sp³-hybridized carbons (Fsp3) is 0.960. The van der Waals surface area contributed by atoms with Crippen LogP contribution in [-0.4, -0.2) is 0 Å². The molecule has 3 saturated carbocycles. The fourth-order valence-corrected chi connectivity index (χ4v) is 6.74. The van der Waals surface area contributed by atoms with Gasteiger partial charge in [-0.15, -0.1) is 0 Å². The summed E-state index contributed by atoms with van der Waals surface area (Å²) in [5, 5.41) is 8.66. The third kappa shape index (κ3) is 5.74. The van der Waals surface area contributed by atoms with E-state index in [9.17, 15) is 0 Å². The minimum atomic E-state index is 0.763. The molecule has 3 rings (SSSR count). The molecule has 3 aliphatic rings. The molecule has 1 nitrogen and oxygen atoms in total. The van der Waals surface area contributed by atoms with Gasteiger partial charge in [-0.05, 0) is 93.3 Å². The van der Waals surface area contributed by atoms with Crippen LogP contribution in [0.5, 0.6) is 0 Å². The Balaban J connectivity index is 1.31. The summed E-state index contributed by atoms with van der Waals surface area (Å²) >= 11 is 0. The molecular formula is C25H43N. The van der Waals surface area contributed by atoms with Gasteiger partial charge in [0.2, 0.25) is 0 Å². The zero-order valence-corrected chi connectivity index (χ0v) is 17.4. The average molecular weight is 358 g/mol. The molecule has 26 heavy (non-hydrogen) atoms. The van der Waals surface area contributed by atoms with E-state index in [0.29, 0.717) is 0 Å². The summed E-state index contributed by atoms with van der Waals surface area (Å²) in [5.74, 6) is 6.33. The van der Waals surface area contributed by atoms with Gasteiger partial charge in [0.15, 0.2) is 0 Å². The molecule has 0 radical (unpaired) electrons. The van der Waals surface area contributed by atoms with Gasteiger partial charge in [-0.1, -0.05) is 51.9 Å². The lowest BCUT2D eigenvalue weighted by Gasteiger charge is -2.41. The fourth-order valence-electron chi connectivity index (χ4n) is 6.74. The molecule has 0 spiro atoms. The summed E-state index contributed by atoms with van der Waals surface area (Å²) in [6.45, 7) is 2.39. The quantitative estimate of drug-likeness (QED) is 0.425. The summed E-state index contributed by atoms with van der Waals surface area (Å²) in [6, 6.07) is 2.29. The summed E-state index contributed by atoms with van der Waals surface area (Å²) in [6.07, 6.45) is 24.3. The first-order chi connectivity index (χ1) is 12.8. The third-order valence-corrected chi connectivity index (χ3v) is 8.66. The maximum absolute atomic E-state index is 8.66. The third-order valence-electron chi connectivity index (χ3n) is 8.66. The van der Waals surface area contributed by atoms with Crippen LogP contribution in [-0.2, 0) is 0 Å². The van der Waals surface area contributed by atoms with Crippen molar-refractivity contribution < 1.29 is 0 Å². The zero-order chi connectivity index (χ0) is 18.2. The van der Waals surface area contributed by atoms with Gasteiger partial charge in [0, 0.05) is 6.42 Å². The number of nitriles is 1. The van der Waals surface area contributed by atoms with E-state index in [1.807, 2.05) is 0 Å². The van der Waals surface area contributed by atoms with Crippen LogP contribution in [0.2, 0.25) is 0 Å². The van der Waals surface area contributed by atoms with Crippen LogP contribution in [0.25, 0.3) is 0 Å². The minimum absolute atomic E-state index is 0.763. The van der Waals surface area contributed by atoms with Gasteiger partial charge < -0.3 is 0 Å². The van der Waals surface area contributed by atoms with Crippen LogP contribution >= 0.6 is 0 Å². The van der Waals surface area contributed by atoms with E-state index in [4.69, 9.17) is 5.26 Å². The van der Waals surface area contributed by atoms with Crippen LogP contribution in [0.1, 0.15) is 116 Å². The van der Waals surface area contributed by atoms with Crippen molar-refractivity contribution in [1.29, 1.82) is 5.26 Å². The molecule has 3 aliphatic carbocycles. The predicted molar refractivity (Wildman–Crippen MR) is 111 cm³/mol. The molecule has 148 valence electrons. The van der Waals surface area contributed by atoms with Crippen molar-refractivity contribution in [3.8, 4) is 6.07 Å². The van der Waals surface area contributed by atoms with Crippen molar-refractivity contribution >= 4 is 0 Å². The standard InChI is InChI=1S/C25H43N/c1-2-20-7-11-22(12-8-20)24-15-17-25(18-16-24)23-13-9-21(10-14-23)6-4-3-5-19-26/h20-25H,2-18H2,1H3. The lowest BCUT2D eigenvalue weighted by molar-refractivity contribution is 0.103.